The minimum atomic E-state index is -0.397. The van der Waals surface area contributed by atoms with Crippen LogP contribution in [0, 0.1) is 6.92 Å². The van der Waals surface area contributed by atoms with Gasteiger partial charge in [-0.2, -0.15) is 5.10 Å². The second-order valence-electron chi connectivity index (χ2n) is 6.53. The van der Waals surface area contributed by atoms with Crippen molar-refractivity contribution in [2.75, 3.05) is 6.54 Å². The van der Waals surface area contributed by atoms with E-state index in [1.165, 1.54) is 0 Å². The molecule has 1 aliphatic heterocycles. The molecule has 3 rings (SSSR count). The van der Waals surface area contributed by atoms with E-state index in [1.807, 2.05) is 49.2 Å². The molecule has 132 valence electrons. The number of hydrogen-bond donors (Lipinski definition) is 1. The van der Waals surface area contributed by atoms with Gasteiger partial charge in [0.2, 0.25) is 11.8 Å². The van der Waals surface area contributed by atoms with E-state index in [0.29, 0.717) is 32.4 Å². The maximum Gasteiger partial charge on any atom is 0.245 e. The summed E-state index contributed by atoms with van der Waals surface area (Å²) in [7, 11) is 1.89. The number of carbonyl (C=O) groups excluding carboxylic acids is 2. The van der Waals surface area contributed by atoms with E-state index in [1.54, 1.807) is 10.9 Å². The van der Waals surface area contributed by atoms with Crippen molar-refractivity contribution < 1.29 is 9.59 Å². The quantitative estimate of drug-likeness (QED) is 0.868. The molecule has 1 aliphatic rings. The molecule has 0 radical (unpaired) electrons. The van der Waals surface area contributed by atoms with Crippen LogP contribution in [0.2, 0.25) is 0 Å². The summed E-state index contributed by atoms with van der Waals surface area (Å²) in [4.78, 5) is 26.5. The van der Waals surface area contributed by atoms with E-state index in [-0.39, 0.29) is 11.8 Å². The van der Waals surface area contributed by atoms with Gasteiger partial charge in [0.05, 0.1) is 6.20 Å². The molecule has 0 aliphatic carbocycles. The molecule has 1 aromatic carbocycles. The van der Waals surface area contributed by atoms with Crippen LogP contribution in [0.4, 0.5) is 0 Å². The van der Waals surface area contributed by atoms with Crippen molar-refractivity contribution in [2.45, 2.75) is 38.8 Å². The number of nitrogens with one attached hydrogen (secondary N) is 1. The average Bonchev–Trinajstić information content (AvgIpc) is 3.11. The van der Waals surface area contributed by atoms with Gasteiger partial charge < -0.3 is 10.2 Å². The van der Waals surface area contributed by atoms with Gasteiger partial charge >= 0.3 is 0 Å². The van der Waals surface area contributed by atoms with Crippen LogP contribution in [0.1, 0.15) is 29.7 Å². The van der Waals surface area contributed by atoms with Crippen LogP contribution in [-0.4, -0.2) is 39.1 Å². The third-order valence-electron chi connectivity index (χ3n) is 4.81. The summed E-state index contributed by atoms with van der Waals surface area (Å²) < 4.78 is 1.80. The van der Waals surface area contributed by atoms with E-state index in [2.05, 4.69) is 10.4 Å². The van der Waals surface area contributed by atoms with Crippen LogP contribution in [0.15, 0.2) is 36.5 Å². The molecule has 1 saturated heterocycles. The Hall–Kier alpha value is -2.63. The number of rotatable bonds is 6. The van der Waals surface area contributed by atoms with E-state index >= 15 is 0 Å². The van der Waals surface area contributed by atoms with Gasteiger partial charge in [-0.05, 0) is 30.9 Å². The first-order chi connectivity index (χ1) is 12.0. The van der Waals surface area contributed by atoms with Gasteiger partial charge in [0.1, 0.15) is 6.04 Å². The van der Waals surface area contributed by atoms with Gasteiger partial charge in [-0.1, -0.05) is 30.3 Å². The van der Waals surface area contributed by atoms with Crippen LogP contribution in [0.3, 0.4) is 0 Å². The van der Waals surface area contributed by atoms with Crippen molar-refractivity contribution in [3.63, 3.8) is 0 Å². The predicted molar refractivity (Wildman–Crippen MR) is 94.7 cm³/mol. The zero-order valence-electron chi connectivity index (χ0n) is 14.7. The highest BCUT2D eigenvalue weighted by Crippen LogP contribution is 2.15. The van der Waals surface area contributed by atoms with Crippen molar-refractivity contribution in [1.29, 1.82) is 0 Å². The monoisotopic (exact) mass is 340 g/mol. The highest BCUT2D eigenvalue weighted by atomic mass is 16.2. The first-order valence-corrected chi connectivity index (χ1v) is 8.64. The molecule has 0 spiro atoms. The lowest BCUT2D eigenvalue weighted by atomic mass is 10.1. The highest BCUT2D eigenvalue weighted by Gasteiger charge is 2.32. The molecular weight excluding hydrogens is 316 g/mol. The number of amides is 2. The number of aryl methyl sites for hydroxylation is 2. The van der Waals surface area contributed by atoms with Crippen LogP contribution >= 0.6 is 0 Å². The summed E-state index contributed by atoms with van der Waals surface area (Å²) in [6.07, 6.45) is 3.48. The minimum absolute atomic E-state index is 0.00904. The van der Waals surface area contributed by atoms with Gasteiger partial charge in [0.25, 0.3) is 0 Å². The lowest BCUT2D eigenvalue weighted by molar-refractivity contribution is -0.133. The maximum atomic E-state index is 12.5. The smallest absolute Gasteiger partial charge is 0.245 e. The van der Waals surface area contributed by atoms with Crippen molar-refractivity contribution in [3.8, 4) is 0 Å². The molecule has 25 heavy (non-hydrogen) atoms. The number of hydrogen-bond acceptors (Lipinski definition) is 3. The van der Waals surface area contributed by atoms with Crippen LogP contribution in [-0.2, 0) is 29.6 Å². The van der Waals surface area contributed by atoms with E-state index in [4.69, 9.17) is 0 Å². The summed E-state index contributed by atoms with van der Waals surface area (Å²) in [5, 5.41) is 7.07. The first kappa shape index (κ1) is 17.2. The summed E-state index contributed by atoms with van der Waals surface area (Å²) in [6, 6.07) is 9.52. The average molecular weight is 340 g/mol. The number of aromatic nitrogens is 2. The largest absolute Gasteiger partial charge is 0.344 e. The van der Waals surface area contributed by atoms with Gasteiger partial charge in [-0.15, -0.1) is 0 Å². The van der Waals surface area contributed by atoms with Crippen LogP contribution in [0.5, 0.6) is 0 Å². The van der Waals surface area contributed by atoms with Crippen molar-refractivity contribution in [3.05, 3.63) is 53.3 Å². The second-order valence-corrected chi connectivity index (χ2v) is 6.53. The van der Waals surface area contributed by atoms with Crippen molar-refractivity contribution in [2.24, 2.45) is 7.05 Å². The highest BCUT2D eigenvalue weighted by molar-refractivity contribution is 5.89. The fourth-order valence-electron chi connectivity index (χ4n) is 3.14. The molecule has 0 bridgehead atoms. The van der Waals surface area contributed by atoms with E-state index < -0.39 is 6.04 Å². The van der Waals surface area contributed by atoms with Crippen molar-refractivity contribution in [1.82, 2.24) is 20.0 Å². The summed E-state index contributed by atoms with van der Waals surface area (Å²) >= 11 is 0. The molecule has 1 N–H and O–H groups in total. The minimum Gasteiger partial charge on any atom is -0.344 e. The van der Waals surface area contributed by atoms with Gasteiger partial charge in [0.15, 0.2) is 0 Å². The lowest BCUT2D eigenvalue weighted by Crippen LogP contribution is -2.41. The SMILES string of the molecule is Cc1c(CCC(=O)NC2CCN(Cc3ccccc3)C2=O)cnn1C. The van der Waals surface area contributed by atoms with E-state index in [9.17, 15) is 9.59 Å². The third-order valence-corrected chi connectivity index (χ3v) is 4.81. The molecule has 2 heterocycles. The molecule has 1 unspecified atom stereocenters. The lowest BCUT2D eigenvalue weighted by Gasteiger charge is -2.17. The molecule has 2 aromatic rings. The predicted octanol–water partition coefficient (Wildman–Crippen LogP) is 1.58. The Morgan fingerprint density at radius 1 is 1.32 bits per heavy atom. The van der Waals surface area contributed by atoms with Crippen LogP contribution < -0.4 is 5.32 Å². The molecule has 1 fully saturated rings. The Kier molecular flexibility index (Phi) is 5.16. The van der Waals surface area contributed by atoms with Crippen molar-refractivity contribution >= 4 is 11.8 Å². The fraction of sp³-hybridized carbons (Fsp3) is 0.421. The molecule has 2 amide bonds. The molecule has 6 nitrogen and oxygen atoms in total. The maximum absolute atomic E-state index is 12.5. The molecular formula is C19H24N4O2. The van der Waals surface area contributed by atoms with Gasteiger partial charge in [0, 0.05) is 32.3 Å². The van der Waals surface area contributed by atoms with Gasteiger partial charge in [-0.3, -0.25) is 14.3 Å². The molecule has 1 aromatic heterocycles. The topological polar surface area (TPSA) is 67.2 Å². The molecule has 0 saturated carbocycles. The van der Waals surface area contributed by atoms with E-state index in [0.717, 1.165) is 16.8 Å². The number of nitrogens with zero attached hydrogens (tertiary/aromatic N) is 3. The summed E-state index contributed by atoms with van der Waals surface area (Å²) in [6.45, 7) is 3.27. The van der Waals surface area contributed by atoms with Crippen LogP contribution in [0.25, 0.3) is 0 Å². The Labute approximate surface area is 147 Å². The standard InChI is InChI=1S/C19H24N4O2/c1-14-16(12-20-22(14)2)8-9-18(24)21-17-10-11-23(19(17)25)13-15-6-4-3-5-7-15/h3-7,12,17H,8-11,13H2,1-2H3,(H,21,24). The summed E-state index contributed by atoms with van der Waals surface area (Å²) in [5.74, 6) is -0.0714. The number of likely N-dealkylation sites (tertiary alicyclic amines) is 1. The fourth-order valence-corrected chi connectivity index (χ4v) is 3.14. The zero-order valence-corrected chi connectivity index (χ0v) is 14.7. The number of benzene rings is 1. The normalized spacial score (nSPS) is 17.1. The van der Waals surface area contributed by atoms with Gasteiger partial charge in [-0.25, -0.2) is 0 Å². The Morgan fingerprint density at radius 2 is 2.08 bits per heavy atom. The number of carbonyl (C=O) groups is 2. The Morgan fingerprint density at radius 3 is 2.76 bits per heavy atom. The first-order valence-electron chi connectivity index (χ1n) is 8.64. The third kappa shape index (κ3) is 4.07. The summed E-state index contributed by atoms with van der Waals surface area (Å²) in [5.41, 5.74) is 3.25. The molecule has 1 atom stereocenters. The molecule has 6 heteroatoms. The second kappa shape index (κ2) is 7.51. The zero-order chi connectivity index (χ0) is 17.8. The Bertz CT molecular complexity index is 754. The Balaban J connectivity index is 1.49.